The fraction of sp³-hybridized carbons (Fsp3) is 0.214. The number of nitrogens with one attached hydrogen (secondary N) is 1. The quantitative estimate of drug-likeness (QED) is 0.578. The Labute approximate surface area is 135 Å². The number of carboxylic acid groups (broad SMARTS) is 1. The molecular weight excluding hydrogens is 320 g/mol. The minimum Gasteiger partial charge on any atom is -0.494 e. The van der Waals surface area contributed by atoms with Gasteiger partial charge in [0.25, 0.3) is 11.6 Å². The Balaban J connectivity index is 2.12. The van der Waals surface area contributed by atoms with Crippen molar-refractivity contribution in [3.8, 4) is 5.75 Å². The highest BCUT2D eigenvalue weighted by Crippen LogP contribution is 2.29. The number of hydrogen-bond acceptors (Lipinski definition) is 6. The van der Waals surface area contributed by atoms with Crippen LogP contribution in [0.15, 0.2) is 30.6 Å². The zero-order chi connectivity index (χ0) is 17.7. The van der Waals surface area contributed by atoms with Gasteiger partial charge < -0.3 is 15.2 Å². The third-order valence-electron chi connectivity index (χ3n) is 3.09. The van der Waals surface area contributed by atoms with Gasteiger partial charge in [0, 0.05) is 12.3 Å². The molecule has 0 fully saturated rings. The molecule has 2 rings (SSSR count). The third kappa shape index (κ3) is 4.06. The number of non-ortho nitro benzene ring substituents is 1. The summed E-state index contributed by atoms with van der Waals surface area (Å²) in [5.74, 6) is -1.31. The number of anilines is 1. The summed E-state index contributed by atoms with van der Waals surface area (Å²) in [7, 11) is 1.33. The maximum atomic E-state index is 12.2. The van der Waals surface area contributed by atoms with Crippen LogP contribution in [-0.4, -0.2) is 38.8 Å². The van der Waals surface area contributed by atoms with Crippen LogP contribution in [0.1, 0.15) is 16.8 Å². The number of nitro groups is 1. The number of ether oxygens (including phenoxy) is 1. The van der Waals surface area contributed by atoms with Gasteiger partial charge in [-0.05, 0) is 6.07 Å². The van der Waals surface area contributed by atoms with Gasteiger partial charge in [0.05, 0.1) is 48.5 Å². The van der Waals surface area contributed by atoms with Crippen molar-refractivity contribution in [1.82, 2.24) is 9.78 Å². The normalized spacial score (nSPS) is 10.2. The van der Waals surface area contributed by atoms with Crippen LogP contribution in [0, 0.1) is 10.1 Å². The number of hydrogen-bond donors (Lipinski definition) is 2. The van der Waals surface area contributed by atoms with E-state index in [4.69, 9.17) is 9.84 Å². The number of aromatic nitrogens is 2. The summed E-state index contributed by atoms with van der Waals surface area (Å²) in [5, 5.41) is 25.8. The van der Waals surface area contributed by atoms with Crippen LogP contribution in [-0.2, 0) is 11.3 Å². The van der Waals surface area contributed by atoms with Crippen LogP contribution in [0.25, 0.3) is 0 Å². The number of nitro benzene ring substituents is 1. The predicted molar refractivity (Wildman–Crippen MR) is 82.1 cm³/mol. The Morgan fingerprint density at radius 1 is 1.46 bits per heavy atom. The minimum absolute atomic E-state index is 0.112. The number of carboxylic acids is 1. The molecule has 0 atom stereocenters. The van der Waals surface area contributed by atoms with Crippen LogP contribution in [0.3, 0.4) is 0 Å². The number of amides is 1. The van der Waals surface area contributed by atoms with Gasteiger partial charge in [0.1, 0.15) is 5.75 Å². The number of methoxy groups -OCH3 is 1. The van der Waals surface area contributed by atoms with Crippen molar-refractivity contribution in [2.75, 3.05) is 12.4 Å². The van der Waals surface area contributed by atoms with E-state index in [0.717, 1.165) is 0 Å². The Bertz CT molecular complexity index is 785. The molecule has 1 amide bonds. The summed E-state index contributed by atoms with van der Waals surface area (Å²) < 4.78 is 6.38. The van der Waals surface area contributed by atoms with E-state index in [1.54, 1.807) is 0 Å². The summed E-state index contributed by atoms with van der Waals surface area (Å²) in [4.78, 5) is 32.9. The SMILES string of the molecule is COc1cc([N+](=O)[O-])ccc1NC(=O)c1cnn(CCC(=O)O)c1. The smallest absolute Gasteiger partial charge is 0.305 e. The van der Waals surface area contributed by atoms with Crippen LogP contribution >= 0.6 is 0 Å². The topological polar surface area (TPSA) is 137 Å². The molecule has 1 aromatic carbocycles. The average molecular weight is 334 g/mol. The summed E-state index contributed by atoms with van der Waals surface area (Å²) in [6, 6.07) is 3.81. The molecule has 10 heteroatoms. The molecule has 0 radical (unpaired) electrons. The maximum Gasteiger partial charge on any atom is 0.305 e. The van der Waals surface area contributed by atoms with Crippen LogP contribution in [0.2, 0.25) is 0 Å². The van der Waals surface area contributed by atoms with E-state index in [1.807, 2.05) is 0 Å². The number of carbonyl (C=O) groups excluding carboxylic acids is 1. The Morgan fingerprint density at radius 3 is 2.83 bits per heavy atom. The molecule has 2 N–H and O–H groups in total. The van der Waals surface area contributed by atoms with Gasteiger partial charge in [-0.15, -0.1) is 0 Å². The van der Waals surface area contributed by atoms with E-state index in [0.29, 0.717) is 0 Å². The molecule has 0 aliphatic carbocycles. The minimum atomic E-state index is -0.966. The number of aliphatic carboxylic acids is 1. The second-order valence-corrected chi connectivity index (χ2v) is 4.73. The van der Waals surface area contributed by atoms with Crippen LogP contribution < -0.4 is 10.1 Å². The molecule has 24 heavy (non-hydrogen) atoms. The zero-order valence-electron chi connectivity index (χ0n) is 12.6. The van der Waals surface area contributed by atoms with E-state index in [-0.39, 0.29) is 35.7 Å². The van der Waals surface area contributed by atoms with Crippen molar-refractivity contribution in [2.24, 2.45) is 0 Å². The summed E-state index contributed by atoms with van der Waals surface area (Å²) in [5.41, 5.74) is 0.332. The summed E-state index contributed by atoms with van der Waals surface area (Å²) in [6.45, 7) is 0.142. The van der Waals surface area contributed by atoms with Crippen molar-refractivity contribution in [3.63, 3.8) is 0 Å². The van der Waals surface area contributed by atoms with Crippen molar-refractivity contribution in [3.05, 3.63) is 46.3 Å². The van der Waals surface area contributed by atoms with Gasteiger partial charge in [-0.3, -0.25) is 24.4 Å². The number of aryl methyl sites for hydroxylation is 1. The average Bonchev–Trinajstić information content (AvgIpc) is 3.02. The second-order valence-electron chi connectivity index (χ2n) is 4.73. The molecule has 0 aliphatic heterocycles. The third-order valence-corrected chi connectivity index (χ3v) is 3.09. The monoisotopic (exact) mass is 334 g/mol. The Hall–Kier alpha value is -3.43. The number of benzene rings is 1. The predicted octanol–water partition coefficient (Wildman–Crippen LogP) is 1.53. The molecule has 0 saturated heterocycles. The molecule has 2 aromatic rings. The molecule has 0 bridgehead atoms. The molecule has 126 valence electrons. The molecular formula is C14H14N4O6. The summed E-state index contributed by atoms with van der Waals surface area (Å²) >= 11 is 0. The first kappa shape index (κ1) is 16.9. The van der Waals surface area contributed by atoms with Gasteiger partial charge in [0.15, 0.2) is 0 Å². The maximum absolute atomic E-state index is 12.2. The first-order valence-corrected chi connectivity index (χ1v) is 6.78. The molecule has 0 saturated carbocycles. The lowest BCUT2D eigenvalue weighted by atomic mass is 10.2. The first-order chi connectivity index (χ1) is 11.4. The van der Waals surface area contributed by atoms with Crippen LogP contribution in [0.4, 0.5) is 11.4 Å². The van der Waals surface area contributed by atoms with Gasteiger partial charge in [0.2, 0.25) is 0 Å². The van der Waals surface area contributed by atoms with Gasteiger partial charge in [-0.2, -0.15) is 5.10 Å². The largest absolute Gasteiger partial charge is 0.494 e. The molecule has 0 spiro atoms. The molecule has 0 unspecified atom stereocenters. The fourth-order valence-corrected chi connectivity index (χ4v) is 1.90. The van der Waals surface area contributed by atoms with Gasteiger partial charge in [-0.25, -0.2) is 0 Å². The van der Waals surface area contributed by atoms with Crippen molar-refractivity contribution < 1.29 is 24.4 Å². The molecule has 1 heterocycles. The molecule has 10 nitrogen and oxygen atoms in total. The molecule has 0 aliphatic rings. The Morgan fingerprint density at radius 2 is 2.21 bits per heavy atom. The van der Waals surface area contributed by atoms with E-state index in [9.17, 15) is 19.7 Å². The van der Waals surface area contributed by atoms with Crippen molar-refractivity contribution >= 4 is 23.3 Å². The Kier molecular flexibility index (Phi) is 5.09. The lowest BCUT2D eigenvalue weighted by Crippen LogP contribution is -2.12. The highest BCUT2D eigenvalue weighted by molar-refractivity contribution is 6.04. The number of nitrogens with zero attached hydrogens (tertiary/aromatic N) is 3. The van der Waals surface area contributed by atoms with E-state index >= 15 is 0 Å². The highest BCUT2D eigenvalue weighted by atomic mass is 16.6. The lowest BCUT2D eigenvalue weighted by molar-refractivity contribution is -0.384. The first-order valence-electron chi connectivity index (χ1n) is 6.78. The summed E-state index contributed by atoms with van der Waals surface area (Å²) in [6.07, 6.45) is 2.60. The van der Waals surface area contributed by atoms with Gasteiger partial charge >= 0.3 is 5.97 Å². The van der Waals surface area contributed by atoms with Crippen LogP contribution in [0.5, 0.6) is 5.75 Å². The lowest BCUT2D eigenvalue weighted by Gasteiger charge is -2.09. The van der Waals surface area contributed by atoms with Crippen molar-refractivity contribution in [1.29, 1.82) is 0 Å². The van der Waals surface area contributed by atoms with Gasteiger partial charge in [-0.1, -0.05) is 0 Å². The highest BCUT2D eigenvalue weighted by Gasteiger charge is 2.15. The van der Waals surface area contributed by atoms with E-state index in [2.05, 4.69) is 10.4 Å². The zero-order valence-corrected chi connectivity index (χ0v) is 12.6. The fourth-order valence-electron chi connectivity index (χ4n) is 1.90. The number of carbonyl (C=O) groups is 2. The van der Waals surface area contributed by atoms with E-state index in [1.165, 1.54) is 42.4 Å². The van der Waals surface area contributed by atoms with Crippen molar-refractivity contribution in [2.45, 2.75) is 13.0 Å². The molecule has 1 aromatic heterocycles. The second kappa shape index (κ2) is 7.22. The van der Waals surface area contributed by atoms with E-state index < -0.39 is 16.8 Å². The number of rotatable bonds is 7. The standard InChI is InChI=1S/C14H14N4O6/c1-24-12-6-10(18(22)23)2-3-11(12)16-14(21)9-7-15-17(8-9)5-4-13(19)20/h2-3,6-8H,4-5H2,1H3,(H,16,21)(H,19,20).